The third-order valence-corrected chi connectivity index (χ3v) is 3.81. The van der Waals surface area contributed by atoms with E-state index in [9.17, 15) is 0 Å². The standard InChI is InChI=1S/C17H19ClN2O2.ClH/c1-21-16-8-12(9-19-14-4-5-14)2-6-15(16)22-11-13-3-7-17(18)20-10-13;/h2-3,6-8,10,14,19H,4-5,9,11H2,1H3;1H. The summed E-state index contributed by atoms with van der Waals surface area (Å²) in [6.07, 6.45) is 4.28. The lowest BCUT2D eigenvalue weighted by Crippen LogP contribution is -2.15. The van der Waals surface area contributed by atoms with Crippen LogP contribution in [0.25, 0.3) is 0 Å². The summed E-state index contributed by atoms with van der Waals surface area (Å²) in [5, 5.41) is 3.97. The predicted octanol–water partition coefficient (Wildman–Crippen LogP) is 4.00. The topological polar surface area (TPSA) is 43.4 Å². The molecular formula is C17H20Cl2N2O2. The van der Waals surface area contributed by atoms with Gasteiger partial charge in [-0.1, -0.05) is 23.7 Å². The zero-order valence-electron chi connectivity index (χ0n) is 12.9. The maximum Gasteiger partial charge on any atom is 0.161 e. The van der Waals surface area contributed by atoms with Gasteiger partial charge < -0.3 is 14.8 Å². The Hall–Kier alpha value is -1.49. The van der Waals surface area contributed by atoms with E-state index in [1.807, 2.05) is 18.2 Å². The van der Waals surface area contributed by atoms with Gasteiger partial charge in [0, 0.05) is 24.3 Å². The van der Waals surface area contributed by atoms with E-state index >= 15 is 0 Å². The molecule has 1 aromatic heterocycles. The van der Waals surface area contributed by atoms with Crippen LogP contribution in [0.4, 0.5) is 0 Å². The first-order valence-corrected chi connectivity index (χ1v) is 7.76. The summed E-state index contributed by atoms with van der Waals surface area (Å²) >= 11 is 5.77. The number of halogens is 2. The third kappa shape index (κ3) is 5.27. The van der Waals surface area contributed by atoms with E-state index in [2.05, 4.69) is 16.4 Å². The normalized spacial score (nSPS) is 13.3. The lowest BCUT2D eigenvalue weighted by Gasteiger charge is -2.12. The number of ether oxygens (including phenoxy) is 2. The van der Waals surface area contributed by atoms with Crippen LogP contribution in [-0.4, -0.2) is 18.1 Å². The summed E-state index contributed by atoms with van der Waals surface area (Å²) in [5.74, 6) is 1.48. The lowest BCUT2D eigenvalue weighted by molar-refractivity contribution is 0.284. The summed E-state index contributed by atoms with van der Waals surface area (Å²) in [4.78, 5) is 4.04. The van der Waals surface area contributed by atoms with Gasteiger partial charge in [0.2, 0.25) is 0 Å². The van der Waals surface area contributed by atoms with Crippen molar-refractivity contribution in [3.05, 3.63) is 52.8 Å². The fourth-order valence-electron chi connectivity index (χ4n) is 2.14. The molecule has 1 aromatic carbocycles. The molecule has 0 bridgehead atoms. The fourth-order valence-corrected chi connectivity index (χ4v) is 2.26. The highest BCUT2D eigenvalue weighted by Gasteiger charge is 2.20. The molecule has 1 aliphatic carbocycles. The molecule has 0 amide bonds. The van der Waals surface area contributed by atoms with Crippen LogP contribution in [0.15, 0.2) is 36.5 Å². The molecule has 0 saturated heterocycles. The molecule has 23 heavy (non-hydrogen) atoms. The van der Waals surface area contributed by atoms with Crippen LogP contribution in [0, 0.1) is 0 Å². The van der Waals surface area contributed by atoms with Crippen LogP contribution in [0.1, 0.15) is 24.0 Å². The smallest absolute Gasteiger partial charge is 0.161 e. The summed E-state index contributed by atoms with van der Waals surface area (Å²) in [7, 11) is 1.66. The average Bonchev–Trinajstić information content (AvgIpc) is 3.37. The van der Waals surface area contributed by atoms with Gasteiger partial charge in [-0.25, -0.2) is 4.98 Å². The van der Waals surface area contributed by atoms with Crippen LogP contribution in [0.3, 0.4) is 0 Å². The second-order valence-electron chi connectivity index (χ2n) is 5.42. The molecule has 0 spiro atoms. The minimum absolute atomic E-state index is 0. The number of nitrogens with one attached hydrogen (secondary N) is 1. The first-order valence-electron chi connectivity index (χ1n) is 7.38. The number of aromatic nitrogens is 1. The Balaban J connectivity index is 0.00000192. The van der Waals surface area contributed by atoms with Crippen LogP contribution < -0.4 is 14.8 Å². The third-order valence-electron chi connectivity index (χ3n) is 3.58. The van der Waals surface area contributed by atoms with Crippen molar-refractivity contribution in [2.75, 3.05) is 7.11 Å². The van der Waals surface area contributed by atoms with Crippen LogP contribution in [0.5, 0.6) is 11.5 Å². The van der Waals surface area contributed by atoms with Gasteiger partial charge in [-0.15, -0.1) is 12.4 Å². The van der Waals surface area contributed by atoms with Crippen molar-refractivity contribution < 1.29 is 9.47 Å². The molecule has 1 fully saturated rings. The summed E-state index contributed by atoms with van der Waals surface area (Å²) < 4.78 is 11.2. The Labute approximate surface area is 147 Å². The summed E-state index contributed by atoms with van der Waals surface area (Å²) in [5.41, 5.74) is 2.16. The average molecular weight is 355 g/mol. The minimum Gasteiger partial charge on any atom is -0.493 e. The van der Waals surface area contributed by atoms with E-state index in [0.717, 1.165) is 23.6 Å². The van der Waals surface area contributed by atoms with Crippen LogP contribution in [-0.2, 0) is 13.2 Å². The van der Waals surface area contributed by atoms with Gasteiger partial charge in [0.1, 0.15) is 11.8 Å². The number of benzene rings is 1. The van der Waals surface area contributed by atoms with Crippen LogP contribution >= 0.6 is 24.0 Å². The van der Waals surface area contributed by atoms with Gasteiger partial charge in [0.05, 0.1) is 7.11 Å². The Morgan fingerprint density at radius 1 is 1.17 bits per heavy atom. The van der Waals surface area contributed by atoms with Crippen molar-refractivity contribution in [3.63, 3.8) is 0 Å². The summed E-state index contributed by atoms with van der Waals surface area (Å²) in [6, 6.07) is 10.4. The first-order chi connectivity index (χ1) is 10.7. The van der Waals surface area contributed by atoms with Gasteiger partial charge >= 0.3 is 0 Å². The quantitative estimate of drug-likeness (QED) is 0.763. The highest BCUT2D eigenvalue weighted by atomic mass is 35.5. The molecule has 124 valence electrons. The van der Waals surface area contributed by atoms with Crippen molar-refractivity contribution in [1.29, 1.82) is 0 Å². The zero-order chi connectivity index (χ0) is 15.4. The number of hydrogen-bond acceptors (Lipinski definition) is 4. The van der Waals surface area contributed by atoms with Gasteiger partial charge in [0.25, 0.3) is 0 Å². The van der Waals surface area contributed by atoms with Gasteiger partial charge in [-0.05, 0) is 36.6 Å². The number of pyridine rings is 1. The first kappa shape index (κ1) is 17.9. The van der Waals surface area contributed by atoms with E-state index in [4.69, 9.17) is 21.1 Å². The second-order valence-corrected chi connectivity index (χ2v) is 5.81. The molecule has 6 heteroatoms. The molecule has 0 aliphatic heterocycles. The molecule has 0 atom stereocenters. The van der Waals surface area contributed by atoms with Gasteiger partial charge in [-0.3, -0.25) is 0 Å². The van der Waals surface area contributed by atoms with Crippen LogP contribution in [0.2, 0.25) is 5.15 Å². The number of nitrogens with zero attached hydrogens (tertiary/aromatic N) is 1. The zero-order valence-corrected chi connectivity index (χ0v) is 14.5. The molecule has 4 nitrogen and oxygen atoms in total. The SMILES string of the molecule is COc1cc(CNC2CC2)ccc1OCc1ccc(Cl)nc1.Cl. The molecule has 1 N–H and O–H groups in total. The van der Waals surface area contributed by atoms with Crippen molar-refractivity contribution >= 4 is 24.0 Å². The number of methoxy groups -OCH3 is 1. The largest absolute Gasteiger partial charge is 0.493 e. The Kier molecular flexibility index (Phi) is 6.51. The van der Waals surface area contributed by atoms with E-state index in [0.29, 0.717) is 17.8 Å². The van der Waals surface area contributed by atoms with Gasteiger partial charge in [0.15, 0.2) is 11.5 Å². The van der Waals surface area contributed by atoms with Gasteiger partial charge in [-0.2, -0.15) is 0 Å². The molecule has 0 radical (unpaired) electrons. The number of rotatable bonds is 7. The van der Waals surface area contributed by atoms with Crippen molar-refractivity contribution in [2.45, 2.75) is 32.0 Å². The number of hydrogen-bond donors (Lipinski definition) is 1. The second kappa shape index (κ2) is 8.39. The Bertz CT molecular complexity index is 631. The molecule has 1 heterocycles. The minimum atomic E-state index is 0. The highest BCUT2D eigenvalue weighted by Crippen LogP contribution is 2.29. The Morgan fingerprint density at radius 2 is 1.96 bits per heavy atom. The monoisotopic (exact) mass is 354 g/mol. The van der Waals surface area contributed by atoms with Crippen molar-refractivity contribution in [1.82, 2.24) is 10.3 Å². The van der Waals surface area contributed by atoms with E-state index in [1.165, 1.54) is 18.4 Å². The predicted molar refractivity (Wildman–Crippen MR) is 93.7 cm³/mol. The molecule has 0 unspecified atom stereocenters. The molecule has 2 aromatic rings. The maximum absolute atomic E-state index is 5.82. The molecule has 3 rings (SSSR count). The van der Waals surface area contributed by atoms with E-state index in [-0.39, 0.29) is 12.4 Å². The summed E-state index contributed by atoms with van der Waals surface area (Å²) in [6.45, 7) is 1.29. The molecule has 1 aliphatic rings. The van der Waals surface area contributed by atoms with E-state index < -0.39 is 0 Å². The van der Waals surface area contributed by atoms with Crippen molar-refractivity contribution in [2.24, 2.45) is 0 Å². The highest BCUT2D eigenvalue weighted by molar-refractivity contribution is 6.29. The van der Waals surface area contributed by atoms with Crippen molar-refractivity contribution in [3.8, 4) is 11.5 Å². The molecular weight excluding hydrogens is 335 g/mol. The van der Waals surface area contributed by atoms with E-state index in [1.54, 1.807) is 19.4 Å². The Morgan fingerprint density at radius 3 is 2.61 bits per heavy atom. The fraction of sp³-hybridized carbons (Fsp3) is 0.353. The maximum atomic E-state index is 5.82. The molecule has 1 saturated carbocycles. The lowest BCUT2D eigenvalue weighted by atomic mass is 10.2.